The van der Waals surface area contributed by atoms with Crippen LogP contribution in [0.15, 0.2) is 4.99 Å². The Balaban J connectivity index is 3.72. The van der Waals surface area contributed by atoms with Crippen LogP contribution in [0.5, 0.6) is 0 Å². The lowest BCUT2D eigenvalue weighted by atomic mass is 10.2. The quantitative estimate of drug-likeness (QED) is 0.373. The molecule has 0 amide bonds. The molecule has 0 spiro atoms. The van der Waals surface area contributed by atoms with Crippen molar-refractivity contribution in [3.05, 3.63) is 0 Å². The number of ether oxygens (including phenoxy) is 1. The predicted molar refractivity (Wildman–Crippen MR) is 35.2 cm³/mol. The molecule has 0 N–H and O–H groups in total. The van der Waals surface area contributed by atoms with E-state index < -0.39 is 0 Å². The van der Waals surface area contributed by atoms with Crippen LogP contribution in [0.2, 0.25) is 0 Å². The Morgan fingerprint density at radius 2 is 2.00 bits per heavy atom. The van der Waals surface area contributed by atoms with Gasteiger partial charge < -0.3 is 4.74 Å². The zero-order valence-electron chi connectivity index (χ0n) is 5.93. The van der Waals surface area contributed by atoms with E-state index in [9.17, 15) is 0 Å². The van der Waals surface area contributed by atoms with Gasteiger partial charge in [-0.3, -0.25) is 4.99 Å². The summed E-state index contributed by atoms with van der Waals surface area (Å²) in [6.07, 6.45) is 0. The van der Waals surface area contributed by atoms with Crippen LogP contribution in [0.1, 0.15) is 13.8 Å². The molecule has 2 heteroatoms. The molecule has 2 nitrogen and oxygen atoms in total. The first-order chi connectivity index (χ1) is 3.72. The highest BCUT2D eigenvalue weighted by Gasteiger charge is 2.00. The minimum atomic E-state index is 0.407. The summed E-state index contributed by atoms with van der Waals surface area (Å²) in [5, 5.41) is 0. The van der Waals surface area contributed by atoms with Crippen LogP contribution in [0.4, 0.5) is 0 Å². The van der Waals surface area contributed by atoms with Crippen LogP contribution < -0.4 is 0 Å². The van der Waals surface area contributed by atoms with Crippen LogP contribution >= 0.6 is 0 Å². The zero-order valence-corrected chi connectivity index (χ0v) is 5.93. The van der Waals surface area contributed by atoms with Crippen molar-refractivity contribution in [2.75, 3.05) is 14.2 Å². The van der Waals surface area contributed by atoms with Gasteiger partial charge in [0.25, 0.3) is 0 Å². The van der Waals surface area contributed by atoms with Crippen molar-refractivity contribution in [2.45, 2.75) is 13.8 Å². The standard InChI is InChI=1S/C6H13NO/c1-5(2)6(7-3)8-4/h5H,1-4H3. The molecule has 8 heavy (non-hydrogen) atoms. The normalized spacial score (nSPS) is 12.4. The molecule has 0 atom stereocenters. The summed E-state index contributed by atoms with van der Waals surface area (Å²) >= 11 is 0. The third-order valence-corrected chi connectivity index (χ3v) is 0.923. The summed E-state index contributed by atoms with van der Waals surface area (Å²) < 4.78 is 4.91. The second-order valence-corrected chi connectivity index (χ2v) is 1.92. The van der Waals surface area contributed by atoms with Gasteiger partial charge in [0, 0.05) is 13.0 Å². The highest BCUT2D eigenvalue weighted by atomic mass is 16.5. The van der Waals surface area contributed by atoms with E-state index in [4.69, 9.17) is 4.74 Å². The molecule has 0 rings (SSSR count). The Labute approximate surface area is 50.6 Å². The third kappa shape index (κ3) is 1.96. The maximum Gasteiger partial charge on any atom is 0.185 e. The van der Waals surface area contributed by atoms with Gasteiger partial charge in [0.05, 0.1) is 7.11 Å². The van der Waals surface area contributed by atoms with E-state index in [0.29, 0.717) is 5.92 Å². The second kappa shape index (κ2) is 3.47. The Morgan fingerprint density at radius 1 is 1.50 bits per heavy atom. The van der Waals surface area contributed by atoms with E-state index in [1.54, 1.807) is 14.2 Å². The number of hydrogen-bond acceptors (Lipinski definition) is 2. The van der Waals surface area contributed by atoms with Crippen molar-refractivity contribution in [1.82, 2.24) is 0 Å². The van der Waals surface area contributed by atoms with E-state index in [-0.39, 0.29) is 0 Å². The number of nitrogens with zero attached hydrogens (tertiary/aromatic N) is 1. The fraction of sp³-hybridized carbons (Fsp3) is 0.833. The molecule has 0 heterocycles. The van der Waals surface area contributed by atoms with E-state index in [0.717, 1.165) is 5.90 Å². The summed E-state index contributed by atoms with van der Waals surface area (Å²) in [5.41, 5.74) is 0. The van der Waals surface area contributed by atoms with Crippen molar-refractivity contribution in [3.8, 4) is 0 Å². The molecule has 0 aliphatic carbocycles. The molecule has 0 bridgehead atoms. The lowest BCUT2D eigenvalue weighted by Crippen LogP contribution is -2.08. The van der Waals surface area contributed by atoms with E-state index in [2.05, 4.69) is 4.99 Å². The molecule has 0 aromatic heterocycles. The maximum atomic E-state index is 4.91. The van der Waals surface area contributed by atoms with Gasteiger partial charge in [-0.2, -0.15) is 0 Å². The van der Waals surface area contributed by atoms with Gasteiger partial charge in [0.15, 0.2) is 5.90 Å². The highest BCUT2D eigenvalue weighted by Crippen LogP contribution is 1.95. The van der Waals surface area contributed by atoms with Gasteiger partial charge in [0.2, 0.25) is 0 Å². The molecule has 0 saturated heterocycles. The Kier molecular flexibility index (Phi) is 3.24. The SMILES string of the molecule is CN=C(OC)C(C)C. The molecular formula is C6H13NO. The predicted octanol–water partition coefficient (Wildman–Crippen LogP) is 1.32. The highest BCUT2D eigenvalue weighted by molar-refractivity contribution is 5.77. The van der Waals surface area contributed by atoms with Crippen LogP contribution in [-0.4, -0.2) is 20.1 Å². The van der Waals surface area contributed by atoms with Gasteiger partial charge >= 0.3 is 0 Å². The minimum absolute atomic E-state index is 0.407. The number of hydrogen-bond donors (Lipinski definition) is 0. The van der Waals surface area contributed by atoms with Crippen molar-refractivity contribution in [1.29, 1.82) is 0 Å². The van der Waals surface area contributed by atoms with Crippen LogP contribution in [-0.2, 0) is 4.74 Å². The largest absolute Gasteiger partial charge is 0.484 e. The Hall–Kier alpha value is -0.530. The third-order valence-electron chi connectivity index (χ3n) is 0.923. The number of methoxy groups -OCH3 is 1. The van der Waals surface area contributed by atoms with Crippen molar-refractivity contribution < 1.29 is 4.74 Å². The molecule has 48 valence electrons. The molecule has 0 saturated carbocycles. The molecule has 0 aromatic rings. The molecule has 0 aromatic carbocycles. The van der Waals surface area contributed by atoms with E-state index in [1.807, 2.05) is 13.8 Å². The van der Waals surface area contributed by atoms with Gasteiger partial charge in [0.1, 0.15) is 0 Å². The summed E-state index contributed by atoms with van der Waals surface area (Å²) in [6, 6.07) is 0. The molecule has 0 unspecified atom stereocenters. The van der Waals surface area contributed by atoms with Crippen LogP contribution in [0, 0.1) is 5.92 Å². The average molecular weight is 115 g/mol. The van der Waals surface area contributed by atoms with Gasteiger partial charge in [-0.05, 0) is 0 Å². The summed E-state index contributed by atoms with van der Waals surface area (Å²) in [6.45, 7) is 4.09. The second-order valence-electron chi connectivity index (χ2n) is 1.92. The first kappa shape index (κ1) is 7.47. The maximum absolute atomic E-state index is 4.91. The molecule has 0 fully saturated rings. The van der Waals surface area contributed by atoms with Gasteiger partial charge in [-0.1, -0.05) is 13.8 Å². The summed E-state index contributed by atoms with van der Waals surface area (Å²) in [7, 11) is 3.38. The first-order valence-corrected chi connectivity index (χ1v) is 2.73. The van der Waals surface area contributed by atoms with E-state index in [1.165, 1.54) is 0 Å². The van der Waals surface area contributed by atoms with Crippen molar-refractivity contribution in [2.24, 2.45) is 10.9 Å². The Bertz CT molecular complexity index is 86.5. The number of rotatable bonds is 1. The molecular weight excluding hydrogens is 102 g/mol. The number of aliphatic imine (C=N–C) groups is 1. The average Bonchev–Trinajstić information content (AvgIpc) is 1.69. The van der Waals surface area contributed by atoms with Crippen LogP contribution in [0.3, 0.4) is 0 Å². The summed E-state index contributed by atoms with van der Waals surface area (Å²) in [4.78, 5) is 3.90. The van der Waals surface area contributed by atoms with E-state index >= 15 is 0 Å². The first-order valence-electron chi connectivity index (χ1n) is 2.73. The zero-order chi connectivity index (χ0) is 6.57. The lowest BCUT2D eigenvalue weighted by molar-refractivity contribution is 0.374. The molecule has 0 aliphatic rings. The molecule has 0 radical (unpaired) electrons. The minimum Gasteiger partial charge on any atom is -0.484 e. The fourth-order valence-electron chi connectivity index (χ4n) is 0.585. The van der Waals surface area contributed by atoms with Crippen LogP contribution in [0.25, 0.3) is 0 Å². The smallest absolute Gasteiger partial charge is 0.185 e. The monoisotopic (exact) mass is 115 g/mol. The molecule has 0 aliphatic heterocycles. The van der Waals surface area contributed by atoms with Gasteiger partial charge in [-0.15, -0.1) is 0 Å². The fourth-order valence-corrected chi connectivity index (χ4v) is 0.585. The Morgan fingerprint density at radius 3 is 2.00 bits per heavy atom. The lowest BCUT2D eigenvalue weighted by Gasteiger charge is -2.05. The van der Waals surface area contributed by atoms with Gasteiger partial charge in [-0.25, -0.2) is 0 Å². The topological polar surface area (TPSA) is 21.6 Å². The summed E-state index contributed by atoms with van der Waals surface area (Å²) in [5.74, 6) is 1.22. The van der Waals surface area contributed by atoms with Crippen molar-refractivity contribution >= 4 is 5.90 Å². The van der Waals surface area contributed by atoms with Crippen molar-refractivity contribution in [3.63, 3.8) is 0 Å².